The van der Waals surface area contributed by atoms with E-state index in [1.165, 1.54) is 11.1 Å². The first kappa shape index (κ1) is 15.8. The van der Waals surface area contributed by atoms with E-state index in [0.717, 1.165) is 23.5 Å². The van der Waals surface area contributed by atoms with Crippen LogP contribution in [0.1, 0.15) is 35.0 Å². The van der Waals surface area contributed by atoms with E-state index in [2.05, 4.69) is 23.3 Å². The largest absolute Gasteiger partial charge is 0.299 e. The highest BCUT2D eigenvalue weighted by Crippen LogP contribution is 2.21. The van der Waals surface area contributed by atoms with E-state index in [4.69, 9.17) is 11.6 Å². The molecule has 1 aromatic carbocycles. The highest BCUT2D eigenvalue weighted by atomic mass is 35.5. The zero-order valence-corrected chi connectivity index (χ0v) is 13.8. The van der Waals surface area contributed by atoms with Crippen LogP contribution in [0.3, 0.4) is 0 Å². The Morgan fingerprint density at radius 2 is 1.76 bits per heavy atom. The van der Waals surface area contributed by atoms with Gasteiger partial charge in [-0.3, -0.25) is 9.48 Å². The molecule has 0 bridgehead atoms. The molecule has 0 aliphatic rings. The van der Waals surface area contributed by atoms with Crippen LogP contribution in [0.5, 0.6) is 0 Å². The summed E-state index contributed by atoms with van der Waals surface area (Å²) >= 11 is 6.25. The van der Waals surface area contributed by atoms with E-state index in [1.54, 1.807) is 0 Å². The fraction of sp³-hybridized carbons (Fsp3) is 0.412. The highest BCUT2D eigenvalue weighted by Gasteiger charge is 2.16. The second-order valence-corrected chi connectivity index (χ2v) is 5.93. The monoisotopic (exact) mass is 304 g/mol. The van der Waals surface area contributed by atoms with Gasteiger partial charge >= 0.3 is 0 Å². The molecule has 1 heterocycles. The van der Waals surface area contributed by atoms with Gasteiger partial charge in [-0.2, -0.15) is 5.10 Å². The summed E-state index contributed by atoms with van der Waals surface area (Å²) < 4.78 is 1.82. The number of carbonyl (C=O) groups excluding carboxylic acids is 1. The van der Waals surface area contributed by atoms with Crippen molar-refractivity contribution < 1.29 is 4.79 Å². The van der Waals surface area contributed by atoms with Crippen molar-refractivity contribution in [2.75, 3.05) is 0 Å². The Morgan fingerprint density at radius 1 is 1.14 bits per heavy atom. The predicted octanol–water partition coefficient (Wildman–Crippen LogP) is 3.84. The highest BCUT2D eigenvalue weighted by molar-refractivity contribution is 6.32. The second kappa shape index (κ2) is 6.44. The lowest BCUT2D eigenvalue weighted by atomic mass is 10.0. The van der Waals surface area contributed by atoms with Crippen molar-refractivity contribution in [3.05, 3.63) is 51.3 Å². The molecule has 0 atom stereocenters. The number of hydrogen-bond donors (Lipinski definition) is 0. The Hall–Kier alpha value is -1.61. The maximum atomic E-state index is 12.3. The van der Waals surface area contributed by atoms with Gasteiger partial charge in [0, 0.05) is 13.0 Å². The lowest BCUT2D eigenvalue weighted by Gasteiger charge is -2.07. The quantitative estimate of drug-likeness (QED) is 0.841. The van der Waals surface area contributed by atoms with E-state index >= 15 is 0 Å². The molecule has 3 nitrogen and oxygen atoms in total. The predicted molar refractivity (Wildman–Crippen MR) is 86.0 cm³/mol. The third kappa shape index (κ3) is 3.73. The summed E-state index contributed by atoms with van der Waals surface area (Å²) in [6.07, 6.45) is 0.771. The molecule has 0 aliphatic heterocycles. The van der Waals surface area contributed by atoms with Crippen LogP contribution >= 0.6 is 11.6 Å². The maximum Gasteiger partial charge on any atom is 0.143 e. The van der Waals surface area contributed by atoms with E-state index in [-0.39, 0.29) is 5.78 Å². The maximum absolute atomic E-state index is 12.3. The summed E-state index contributed by atoms with van der Waals surface area (Å²) in [5.74, 6) is 0.163. The van der Waals surface area contributed by atoms with Crippen LogP contribution in [0.25, 0.3) is 0 Å². The van der Waals surface area contributed by atoms with Gasteiger partial charge in [0.2, 0.25) is 0 Å². The van der Waals surface area contributed by atoms with Crippen LogP contribution in [0.4, 0.5) is 0 Å². The molecule has 0 unspecified atom stereocenters. The zero-order valence-electron chi connectivity index (χ0n) is 13.0. The number of halogens is 1. The minimum atomic E-state index is 0.163. The van der Waals surface area contributed by atoms with Gasteiger partial charge in [-0.05, 0) is 33.3 Å². The molecule has 0 amide bonds. The molecular formula is C17H21ClN2O. The minimum Gasteiger partial charge on any atom is -0.299 e. The molecule has 0 N–H and O–H groups in total. The van der Waals surface area contributed by atoms with Gasteiger partial charge in [0.15, 0.2) is 0 Å². The first-order valence-electron chi connectivity index (χ1n) is 7.21. The summed E-state index contributed by atoms with van der Waals surface area (Å²) in [7, 11) is 0. The van der Waals surface area contributed by atoms with Crippen LogP contribution in [-0.2, 0) is 24.2 Å². The molecule has 0 saturated carbocycles. The first-order valence-corrected chi connectivity index (χ1v) is 7.59. The van der Waals surface area contributed by atoms with Gasteiger partial charge in [-0.1, -0.05) is 40.9 Å². The Bertz CT molecular complexity index is 653. The Labute approximate surface area is 130 Å². The molecule has 0 spiro atoms. The number of ketones is 1. The zero-order chi connectivity index (χ0) is 15.6. The number of rotatable bonds is 5. The molecule has 4 heteroatoms. The number of Topliss-reactive ketones (excluding diaryl/α,β-unsaturated/α-hetero) is 1. The second-order valence-electron chi connectivity index (χ2n) is 5.55. The number of aromatic nitrogens is 2. The molecule has 0 fully saturated rings. The topological polar surface area (TPSA) is 34.9 Å². The van der Waals surface area contributed by atoms with Crippen molar-refractivity contribution >= 4 is 17.4 Å². The van der Waals surface area contributed by atoms with Crippen LogP contribution < -0.4 is 0 Å². The van der Waals surface area contributed by atoms with Crippen LogP contribution in [0, 0.1) is 20.8 Å². The first-order chi connectivity index (χ1) is 9.90. The third-order valence-corrected chi connectivity index (χ3v) is 3.99. The van der Waals surface area contributed by atoms with E-state index < -0.39 is 0 Å². The Balaban J connectivity index is 2.15. The van der Waals surface area contributed by atoms with Crippen molar-refractivity contribution in [3.8, 4) is 0 Å². The van der Waals surface area contributed by atoms with Gasteiger partial charge in [0.25, 0.3) is 0 Å². The fourth-order valence-electron chi connectivity index (χ4n) is 2.69. The van der Waals surface area contributed by atoms with Crippen molar-refractivity contribution in [2.45, 2.75) is 47.1 Å². The molecular weight excluding hydrogens is 284 g/mol. The summed E-state index contributed by atoms with van der Waals surface area (Å²) in [5, 5.41) is 4.97. The molecule has 2 rings (SSSR count). The Kier molecular flexibility index (Phi) is 4.84. The molecule has 0 aliphatic carbocycles. The molecule has 0 radical (unpaired) electrons. The van der Waals surface area contributed by atoms with Gasteiger partial charge in [0.05, 0.1) is 22.8 Å². The van der Waals surface area contributed by atoms with Gasteiger partial charge in [-0.25, -0.2) is 0 Å². The van der Waals surface area contributed by atoms with Gasteiger partial charge in [-0.15, -0.1) is 0 Å². The molecule has 21 heavy (non-hydrogen) atoms. The van der Waals surface area contributed by atoms with Gasteiger partial charge in [0.1, 0.15) is 5.78 Å². The molecule has 1 aromatic heterocycles. The normalized spacial score (nSPS) is 10.9. The van der Waals surface area contributed by atoms with Crippen molar-refractivity contribution in [1.29, 1.82) is 0 Å². The SMILES string of the molecule is CCn1nc(C)c(Cl)c1CC(=O)Cc1cc(C)cc(C)c1. The molecule has 0 saturated heterocycles. The van der Waals surface area contributed by atoms with Crippen molar-refractivity contribution in [3.63, 3.8) is 0 Å². The number of nitrogens with zero attached hydrogens (tertiary/aromatic N) is 2. The summed E-state index contributed by atoms with van der Waals surface area (Å²) in [5.41, 5.74) is 5.04. The summed E-state index contributed by atoms with van der Waals surface area (Å²) in [6, 6.07) is 6.24. The lowest BCUT2D eigenvalue weighted by molar-refractivity contribution is -0.117. The van der Waals surface area contributed by atoms with Crippen LogP contribution in [0.2, 0.25) is 5.02 Å². The molecule has 2 aromatic rings. The average Bonchev–Trinajstić information content (AvgIpc) is 2.65. The number of benzene rings is 1. The van der Waals surface area contributed by atoms with E-state index in [0.29, 0.717) is 17.9 Å². The van der Waals surface area contributed by atoms with Crippen molar-refractivity contribution in [1.82, 2.24) is 9.78 Å². The number of aryl methyl sites for hydroxylation is 4. The number of carbonyl (C=O) groups is 1. The standard InChI is InChI=1S/C17H21ClN2O/c1-5-20-16(17(18)13(4)19-20)10-15(21)9-14-7-11(2)6-12(3)8-14/h6-8H,5,9-10H2,1-4H3. The summed E-state index contributed by atoms with van der Waals surface area (Å²) in [6.45, 7) is 8.69. The summed E-state index contributed by atoms with van der Waals surface area (Å²) in [4.78, 5) is 12.3. The van der Waals surface area contributed by atoms with Gasteiger partial charge < -0.3 is 0 Å². The van der Waals surface area contributed by atoms with Crippen LogP contribution in [-0.4, -0.2) is 15.6 Å². The fourth-order valence-corrected chi connectivity index (χ4v) is 2.89. The van der Waals surface area contributed by atoms with E-state index in [1.807, 2.05) is 32.4 Å². The minimum absolute atomic E-state index is 0.163. The lowest BCUT2D eigenvalue weighted by Crippen LogP contribution is -2.12. The molecule has 112 valence electrons. The van der Waals surface area contributed by atoms with E-state index in [9.17, 15) is 4.79 Å². The Morgan fingerprint density at radius 3 is 2.33 bits per heavy atom. The third-order valence-electron chi connectivity index (χ3n) is 3.50. The average molecular weight is 305 g/mol. The van der Waals surface area contributed by atoms with Crippen LogP contribution in [0.15, 0.2) is 18.2 Å². The van der Waals surface area contributed by atoms with Crippen molar-refractivity contribution in [2.24, 2.45) is 0 Å². The smallest absolute Gasteiger partial charge is 0.143 e. The number of hydrogen-bond acceptors (Lipinski definition) is 2.